The topological polar surface area (TPSA) is 65.0 Å². The van der Waals surface area contributed by atoms with Crippen molar-refractivity contribution >= 4 is 39.8 Å². The van der Waals surface area contributed by atoms with Crippen LogP contribution >= 0.6 is 15.9 Å². The summed E-state index contributed by atoms with van der Waals surface area (Å²) in [5, 5.41) is 0. The molecule has 0 N–H and O–H groups in total. The molecule has 4 rings (SSSR count). The number of ether oxygens (including phenoxy) is 2. The van der Waals surface area contributed by atoms with Crippen LogP contribution in [0.1, 0.15) is 27.0 Å². The SMILES string of the molecule is Cc1ccc(C2=N/C(=C/c3cc(Br)ccc3OC(=O)c3ccccc3)C(=O)O2)cc1. The quantitative estimate of drug-likeness (QED) is 0.299. The Hall–Kier alpha value is -3.51. The van der Waals surface area contributed by atoms with Gasteiger partial charge >= 0.3 is 11.9 Å². The summed E-state index contributed by atoms with van der Waals surface area (Å²) in [5.41, 5.74) is 2.88. The number of carbonyl (C=O) groups excluding carboxylic acids is 2. The van der Waals surface area contributed by atoms with Crippen LogP contribution in [0.4, 0.5) is 0 Å². The van der Waals surface area contributed by atoms with Gasteiger partial charge in [0.25, 0.3) is 0 Å². The first-order valence-corrected chi connectivity index (χ1v) is 9.95. The lowest BCUT2D eigenvalue weighted by Gasteiger charge is -2.08. The van der Waals surface area contributed by atoms with E-state index in [9.17, 15) is 9.59 Å². The van der Waals surface area contributed by atoms with Crippen LogP contribution in [0.15, 0.2) is 88.0 Å². The molecule has 0 amide bonds. The molecule has 1 aliphatic heterocycles. The molecule has 0 aliphatic carbocycles. The minimum Gasteiger partial charge on any atom is -0.422 e. The molecule has 0 saturated carbocycles. The minimum absolute atomic E-state index is 0.126. The highest BCUT2D eigenvalue weighted by molar-refractivity contribution is 9.10. The van der Waals surface area contributed by atoms with E-state index >= 15 is 0 Å². The number of benzene rings is 3. The Morgan fingerprint density at radius 1 is 1.03 bits per heavy atom. The fourth-order valence-corrected chi connectivity index (χ4v) is 3.21. The van der Waals surface area contributed by atoms with Crippen molar-refractivity contribution in [3.63, 3.8) is 0 Å². The lowest BCUT2D eigenvalue weighted by molar-refractivity contribution is -0.129. The maximum absolute atomic E-state index is 12.4. The predicted molar refractivity (Wildman–Crippen MR) is 117 cm³/mol. The Bertz CT molecular complexity index is 1180. The minimum atomic E-state index is -0.564. The van der Waals surface area contributed by atoms with Crippen LogP contribution in [0.5, 0.6) is 5.75 Å². The molecule has 1 aliphatic rings. The van der Waals surface area contributed by atoms with E-state index in [-0.39, 0.29) is 11.6 Å². The van der Waals surface area contributed by atoms with Gasteiger partial charge in [-0.15, -0.1) is 0 Å². The van der Waals surface area contributed by atoms with Gasteiger partial charge < -0.3 is 9.47 Å². The first-order chi connectivity index (χ1) is 14.5. The van der Waals surface area contributed by atoms with Gasteiger partial charge in [0.2, 0.25) is 5.90 Å². The molecule has 0 unspecified atom stereocenters. The standard InChI is InChI=1S/C24H16BrNO4/c1-15-7-9-16(10-8-15)22-26-20(24(28)30-22)14-18-13-19(25)11-12-21(18)29-23(27)17-5-3-2-4-6-17/h2-14H,1H3/b20-14+. The van der Waals surface area contributed by atoms with Crippen LogP contribution in [0.2, 0.25) is 0 Å². The largest absolute Gasteiger partial charge is 0.422 e. The highest BCUT2D eigenvalue weighted by Crippen LogP contribution is 2.28. The second kappa shape index (κ2) is 8.47. The summed E-state index contributed by atoms with van der Waals surface area (Å²) in [6.45, 7) is 1.98. The number of rotatable bonds is 4. The molecule has 3 aromatic rings. The number of cyclic esters (lactones) is 1. The predicted octanol–water partition coefficient (Wildman–Crippen LogP) is 5.32. The maximum atomic E-state index is 12.4. The average Bonchev–Trinajstić information content (AvgIpc) is 3.11. The third-order valence-corrected chi connectivity index (χ3v) is 4.89. The van der Waals surface area contributed by atoms with Crippen LogP contribution < -0.4 is 4.74 Å². The van der Waals surface area contributed by atoms with E-state index < -0.39 is 11.9 Å². The third-order valence-electron chi connectivity index (χ3n) is 4.40. The Balaban J connectivity index is 1.66. The normalized spacial score (nSPS) is 14.4. The van der Waals surface area contributed by atoms with E-state index in [1.807, 2.05) is 37.3 Å². The third kappa shape index (κ3) is 4.39. The van der Waals surface area contributed by atoms with Gasteiger partial charge in [0.1, 0.15) is 5.75 Å². The Morgan fingerprint density at radius 3 is 2.50 bits per heavy atom. The lowest BCUT2D eigenvalue weighted by Crippen LogP contribution is -2.09. The summed E-state index contributed by atoms with van der Waals surface area (Å²) in [5.74, 6) is -0.503. The monoisotopic (exact) mass is 461 g/mol. The van der Waals surface area contributed by atoms with Crippen LogP contribution in [0.3, 0.4) is 0 Å². The van der Waals surface area contributed by atoms with Gasteiger partial charge in [0.05, 0.1) is 5.56 Å². The molecule has 0 saturated heterocycles. The zero-order valence-corrected chi connectivity index (χ0v) is 17.5. The van der Waals surface area contributed by atoms with Crippen LogP contribution in [0, 0.1) is 6.92 Å². The molecule has 0 bridgehead atoms. The van der Waals surface area contributed by atoms with E-state index in [0.29, 0.717) is 22.4 Å². The number of nitrogens with zero attached hydrogens (tertiary/aromatic N) is 1. The number of hydrogen-bond acceptors (Lipinski definition) is 5. The fourth-order valence-electron chi connectivity index (χ4n) is 2.83. The van der Waals surface area contributed by atoms with Crippen molar-refractivity contribution in [3.8, 4) is 5.75 Å². The van der Waals surface area contributed by atoms with Crippen molar-refractivity contribution in [2.75, 3.05) is 0 Å². The summed E-state index contributed by atoms with van der Waals surface area (Å²) in [7, 11) is 0. The van der Waals surface area contributed by atoms with Gasteiger partial charge in [-0.1, -0.05) is 51.8 Å². The second-order valence-electron chi connectivity index (χ2n) is 6.64. The number of carbonyl (C=O) groups is 2. The number of aliphatic imine (C=N–C) groups is 1. The van der Waals surface area contributed by atoms with Crippen LogP contribution in [0.25, 0.3) is 6.08 Å². The van der Waals surface area contributed by atoms with Gasteiger partial charge in [-0.25, -0.2) is 14.6 Å². The van der Waals surface area contributed by atoms with Crippen molar-refractivity contribution in [1.29, 1.82) is 0 Å². The molecule has 0 atom stereocenters. The first kappa shape index (κ1) is 19.8. The van der Waals surface area contributed by atoms with E-state index in [2.05, 4.69) is 20.9 Å². The molecule has 148 valence electrons. The molecule has 0 aromatic heterocycles. The number of halogens is 1. The second-order valence-corrected chi connectivity index (χ2v) is 7.56. The Labute approximate surface area is 181 Å². The van der Waals surface area contributed by atoms with Gasteiger partial charge in [-0.05, 0) is 55.5 Å². The molecular weight excluding hydrogens is 446 g/mol. The van der Waals surface area contributed by atoms with E-state index in [1.54, 1.807) is 48.5 Å². The number of aryl methyl sites for hydroxylation is 1. The molecule has 0 spiro atoms. The first-order valence-electron chi connectivity index (χ1n) is 9.16. The molecule has 30 heavy (non-hydrogen) atoms. The van der Waals surface area contributed by atoms with Crippen LogP contribution in [-0.4, -0.2) is 17.8 Å². The summed E-state index contributed by atoms with van der Waals surface area (Å²) >= 11 is 3.41. The molecule has 5 nitrogen and oxygen atoms in total. The van der Waals surface area contributed by atoms with Gasteiger partial charge in [-0.2, -0.15) is 0 Å². The van der Waals surface area contributed by atoms with Gasteiger partial charge in [0, 0.05) is 15.6 Å². The highest BCUT2D eigenvalue weighted by atomic mass is 79.9. The summed E-state index contributed by atoms with van der Waals surface area (Å²) in [6.07, 6.45) is 1.54. The highest BCUT2D eigenvalue weighted by Gasteiger charge is 2.25. The Kier molecular flexibility index (Phi) is 5.59. The molecular formula is C24H16BrNO4. The molecule has 1 heterocycles. The smallest absolute Gasteiger partial charge is 0.363 e. The summed E-state index contributed by atoms with van der Waals surface area (Å²) in [6, 6.07) is 21.4. The maximum Gasteiger partial charge on any atom is 0.363 e. The number of esters is 2. The number of hydrogen-bond donors (Lipinski definition) is 0. The molecule has 3 aromatic carbocycles. The van der Waals surface area contributed by atoms with Crippen molar-refractivity contribution < 1.29 is 19.1 Å². The zero-order valence-electron chi connectivity index (χ0n) is 16.0. The van der Waals surface area contributed by atoms with Gasteiger partial charge in [0.15, 0.2) is 5.70 Å². The Morgan fingerprint density at radius 2 is 1.77 bits per heavy atom. The van der Waals surface area contributed by atoms with Crippen molar-refractivity contribution in [2.45, 2.75) is 6.92 Å². The molecule has 0 radical (unpaired) electrons. The molecule has 0 fully saturated rings. The fraction of sp³-hybridized carbons (Fsp3) is 0.0417. The van der Waals surface area contributed by atoms with Crippen molar-refractivity contribution in [1.82, 2.24) is 0 Å². The van der Waals surface area contributed by atoms with Crippen LogP contribution in [-0.2, 0) is 9.53 Å². The summed E-state index contributed by atoms with van der Waals surface area (Å²) in [4.78, 5) is 29.1. The van der Waals surface area contributed by atoms with Gasteiger partial charge in [-0.3, -0.25) is 0 Å². The summed E-state index contributed by atoms with van der Waals surface area (Å²) < 4.78 is 11.6. The van der Waals surface area contributed by atoms with E-state index in [1.165, 1.54) is 0 Å². The van der Waals surface area contributed by atoms with Crippen molar-refractivity contribution in [3.05, 3.63) is 105 Å². The lowest BCUT2D eigenvalue weighted by atomic mass is 10.1. The van der Waals surface area contributed by atoms with Crippen molar-refractivity contribution in [2.24, 2.45) is 4.99 Å². The average molecular weight is 462 g/mol. The molecule has 6 heteroatoms. The van der Waals surface area contributed by atoms with E-state index in [0.717, 1.165) is 10.0 Å². The van der Waals surface area contributed by atoms with E-state index in [4.69, 9.17) is 9.47 Å². The zero-order chi connectivity index (χ0) is 21.1.